The van der Waals surface area contributed by atoms with Crippen LogP contribution in [0.2, 0.25) is 0 Å². The molecule has 0 saturated carbocycles. The summed E-state index contributed by atoms with van der Waals surface area (Å²) in [6, 6.07) is 20.7. The Kier molecular flexibility index (Phi) is 6.25. The lowest BCUT2D eigenvalue weighted by Crippen LogP contribution is -2.44. The molecule has 1 aliphatic heterocycles. The third-order valence-electron chi connectivity index (χ3n) is 5.17. The van der Waals surface area contributed by atoms with Gasteiger partial charge < -0.3 is 19.9 Å². The Hall–Kier alpha value is -3.38. The number of amides is 1. The first-order valence-corrected chi connectivity index (χ1v) is 10.2. The summed E-state index contributed by atoms with van der Waals surface area (Å²) in [6.07, 6.45) is 1.81. The second-order valence-electron chi connectivity index (χ2n) is 7.44. The van der Waals surface area contributed by atoms with Crippen molar-refractivity contribution < 1.29 is 9.53 Å². The number of hydrogen-bond acceptors (Lipinski definition) is 5. The Morgan fingerprint density at radius 3 is 2.53 bits per heavy atom. The molecule has 4 rings (SSSR count). The molecule has 3 aromatic rings. The third kappa shape index (κ3) is 5.15. The number of carbonyl (C=O) groups is 1. The fourth-order valence-corrected chi connectivity index (χ4v) is 3.39. The predicted octanol–water partition coefficient (Wildman–Crippen LogP) is 3.56. The maximum absolute atomic E-state index is 12.6. The summed E-state index contributed by atoms with van der Waals surface area (Å²) in [5.74, 6) is 2.21. The third-order valence-corrected chi connectivity index (χ3v) is 5.17. The molecule has 2 aromatic carbocycles. The van der Waals surface area contributed by atoms with E-state index >= 15 is 0 Å². The molecule has 2 heterocycles. The second-order valence-corrected chi connectivity index (χ2v) is 7.44. The highest BCUT2D eigenvalue weighted by Gasteiger charge is 2.15. The first-order chi connectivity index (χ1) is 14.7. The van der Waals surface area contributed by atoms with Crippen LogP contribution in [0.4, 0.5) is 5.82 Å². The van der Waals surface area contributed by atoms with E-state index in [2.05, 4.69) is 33.2 Å². The van der Waals surface area contributed by atoms with Crippen LogP contribution in [0, 0.1) is 0 Å². The number of likely N-dealkylation sites (N-methyl/N-ethyl adjacent to an activating group) is 1. The van der Waals surface area contributed by atoms with E-state index in [0.717, 1.165) is 43.3 Å². The molecular weight excluding hydrogens is 376 g/mol. The number of aromatic nitrogens is 1. The number of pyridine rings is 1. The maximum atomic E-state index is 12.6. The minimum absolute atomic E-state index is 0.133. The van der Waals surface area contributed by atoms with Crippen LogP contribution in [0.1, 0.15) is 15.9 Å². The Morgan fingerprint density at radius 1 is 0.967 bits per heavy atom. The number of ether oxygens (including phenoxy) is 1. The van der Waals surface area contributed by atoms with E-state index in [-0.39, 0.29) is 5.91 Å². The summed E-state index contributed by atoms with van der Waals surface area (Å²) in [4.78, 5) is 21.8. The molecule has 1 aliphatic rings. The number of para-hydroxylation sites is 1. The molecule has 0 bridgehead atoms. The Labute approximate surface area is 177 Å². The lowest BCUT2D eigenvalue weighted by atomic mass is 10.2. The first kappa shape index (κ1) is 19.9. The molecule has 0 atom stereocenters. The van der Waals surface area contributed by atoms with Gasteiger partial charge >= 0.3 is 0 Å². The number of benzene rings is 2. The van der Waals surface area contributed by atoms with Crippen LogP contribution >= 0.6 is 0 Å². The number of nitrogens with one attached hydrogen (secondary N) is 1. The fraction of sp³-hybridized carbons (Fsp3) is 0.250. The molecule has 1 aromatic heterocycles. The predicted molar refractivity (Wildman–Crippen MR) is 118 cm³/mol. The van der Waals surface area contributed by atoms with Crippen LogP contribution in [0.25, 0.3) is 0 Å². The summed E-state index contributed by atoms with van der Waals surface area (Å²) in [5.41, 5.74) is 1.60. The fourth-order valence-electron chi connectivity index (χ4n) is 3.39. The average Bonchev–Trinajstić information content (AvgIpc) is 2.79. The number of hydrogen-bond donors (Lipinski definition) is 1. The molecule has 6 nitrogen and oxygen atoms in total. The summed E-state index contributed by atoms with van der Waals surface area (Å²) in [7, 11) is 2.14. The van der Waals surface area contributed by atoms with Crippen molar-refractivity contribution in [1.29, 1.82) is 0 Å². The molecule has 0 aliphatic carbocycles. The zero-order valence-corrected chi connectivity index (χ0v) is 17.1. The number of carbonyl (C=O) groups excluding carboxylic acids is 1. The maximum Gasteiger partial charge on any atom is 0.251 e. The minimum Gasteiger partial charge on any atom is -0.457 e. The summed E-state index contributed by atoms with van der Waals surface area (Å²) < 4.78 is 5.83. The van der Waals surface area contributed by atoms with Crippen LogP contribution in [-0.2, 0) is 6.54 Å². The van der Waals surface area contributed by atoms with Crippen molar-refractivity contribution in [1.82, 2.24) is 15.2 Å². The van der Waals surface area contributed by atoms with Gasteiger partial charge in [-0.1, -0.05) is 24.3 Å². The molecule has 0 spiro atoms. The summed E-state index contributed by atoms with van der Waals surface area (Å²) in [6.45, 7) is 4.45. The second kappa shape index (κ2) is 9.41. The molecule has 1 fully saturated rings. The Bertz CT molecular complexity index is 985. The lowest BCUT2D eigenvalue weighted by Gasteiger charge is -2.33. The highest BCUT2D eigenvalue weighted by Crippen LogP contribution is 2.22. The normalized spacial score (nSPS) is 14.4. The van der Waals surface area contributed by atoms with E-state index in [0.29, 0.717) is 17.9 Å². The molecule has 0 unspecified atom stereocenters. The van der Waals surface area contributed by atoms with E-state index in [1.54, 1.807) is 12.1 Å². The van der Waals surface area contributed by atoms with Crippen molar-refractivity contribution in [3.05, 3.63) is 84.1 Å². The Morgan fingerprint density at radius 2 is 1.73 bits per heavy atom. The average molecular weight is 402 g/mol. The standard InChI is InChI=1S/C24H26N4O2/c1-27-12-14-28(15-13-27)23-16-19(10-11-25-23)18-26-24(29)20-6-5-9-22(17-20)30-21-7-3-2-4-8-21/h2-11,16-17H,12-15,18H2,1H3,(H,26,29). The number of anilines is 1. The Balaban J connectivity index is 1.37. The zero-order chi connectivity index (χ0) is 20.8. The van der Waals surface area contributed by atoms with Gasteiger partial charge in [-0.3, -0.25) is 4.79 Å². The zero-order valence-electron chi connectivity index (χ0n) is 17.1. The van der Waals surface area contributed by atoms with Gasteiger partial charge in [0.15, 0.2) is 0 Å². The number of piperazine rings is 1. The molecule has 1 amide bonds. The molecular formula is C24H26N4O2. The van der Waals surface area contributed by atoms with Crippen molar-refractivity contribution in [2.45, 2.75) is 6.54 Å². The van der Waals surface area contributed by atoms with Gasteiger partial charge in [0.25, 0.3) is 5.91 Å². The van der Waals surface area contributed by atoms with Crippen LogP contribution in [0.15, 0.2) is 72.9 Å². The van der Waals surface area contributed by atoms with Crippen molar-refractivity contribution in [2.75, 3.05) is 38.1 Å². The first-order valence-electron chi connectivity index (χ1n) is 10.2. The van der Waals surface area contributed by atoms with Gasteiger partial charge in [-0.2, -0.15) is 0 Å². The van der Waals surface area contributed by atoms with Gasteiger partial charge in [0.05, 0.1) is 0 Å². The largest absolute Gasteiger partial charge is 0.457 e. The van der Waals surface area contributed by atoms with Gasteiger partial charge in [-0.15, -0.1) is 0 Å². The highest BCUT2D eigenvalue weighted by molar-refractivity contribution is 5.94. The number of nitrogens with zero attached hydrogens (tertiary/aromatic N) is 3. The molecule has 30 heavy (non-hydrogen) atoms. The van der Waals surface area contributed by atoms with E-state index in [4.69, 9.17) is 4.74 Å². The monoisotopic (exact) mass is 402 g/mol. The topological polar surface area (TPSA) is 57.7 Å². The van der Waals surface area contributed by atoms with E-state index in [1.807, 2.05) is 54.7 Å². The van der Waals surface area contributed by atoms with Crippen molar-refractivity contribution in [3.63, 3.8) is 0 Å². The smallest absolute Gasteiger partial charge is 0.251 e. The van der Waals surface area contributed by atoms with Crippen LogP contribution < -0.4 is 15.0 Å². The van der Waals surface area contributed by atoms with Crippen LogP contribution in [0.5, 0.6) is 11.5 Å². The SMILES string of the molecule is CN1CCN(c2cc(CNC(=O)c3cccc(Oc4ccccc4)c3)ccn2)CC1. The van der Waals surface area contributed by atoms with E-state index in [9.17, 15) is 4.79 Å². The molecule has 0 radical (unpaired) electrons. The number of rotatable bonds is 6. The lowest BCUT2D eigenvalue weighted by molar-refractivity contribution is 0.0950. The molecule has 1 saturated heterocycles. The molecule has 154 valence electrons. The van der Waals surface area contributed by atoms with Crippen molar-refractivity contribution in [3.8, 4) is 11.5 Å². The van der Waals surface area contributed by atoms with Gasteiger partial charge in [0.2, 0.25) is 0 Å². The quantitative estimate of drug-likeness (QED) is 0.683. The van der Waals surface area contributed by atoms with Gasteiger partial charge in [-0.25, -0.2) is 4.98 Å². The van der Waals surface area contributed by atoms with Gasteiger partial charge in [0.1, 0.15) is 17.3 Å². The van der Waals surface area contributed by atoms with Crippen molar-refractivity contribution in [2.24, 2.45) is 0 Å². The molecule has 1 N–H and O–H groups in total. The van der Waals surface area contributed by atoms with Crippen LogP contribution in [0.3, 0.4) is 0 Å². The van der Waals surface area contributed by atoms with E-state index < -0.39 is 0 Å². The molecule has 6 heteroatoms. The summed E-state index contributed by atoms with van der Waals surface area (Å²) in [5, 5.41) is 2.99. The van der Waals surface area contributed by atoms with Crippen molar-refractivity contribution >= 4 is 11.7 Å². The van der Waals surface area contributed by atoms with E-state index in [1.165, 1.54) is 0 Å². The van der Waals surface area contributed by atoms with Crippen LogP contribution in [-0.4, -0.2) is 49.0 Å². The summed E-state index contributed by atoms with van der Waals surface area (Å²) >= 11 is 0. The highest BCUT2D eigenvalue weighted by atomic mass is 16.5. The van der Waals surface area contributed by atoms with Gasteiger partial charge in [-0.05, 0) is 55.1 Å². The van der Waals surface area contributed by atoms with Gasteiger partial charge in [0, 0.05) is 44.5 Å². The minimum atomic E-state index is -0.133.